The van der Waals surface area contributed by atoms with Gasteiger partial charge in [0.2, 0.25) is 5.56 Å². The second-order valence-corrected chi connectivity index (χ2v) is 6.62. The van der Waals surface area contributed by atoms with Crippen molar-refractivity contribution in [3.05, 3.63) is 79.5 Å². The number of pyridine rings is 2. The van der Waals surface area contributed by atoms with Gasteiger partial charge in [0.15, 0.2) is 0 Å². The summed E-state index contributed by atoms with van der Waals surface area (Å²) in [6.45, 7) is 0.547. The number of H-pyrrole nitrogens is 2. The molecular weight excluding hydrogens is 375 g/mol. The Balaban J connectivity index is 1.68. The molecule has 144 valence electrons. The maximum Gasteiger partial charge on any atom is 0.416 e. The van der Waals surface area contributed by atoms with Gasteiger partial charge >= 0.3 is 6.18 Å². The Labute approximate surface area is 155 Å². The molecule has 0 saturated carbocycles. The number of amides is 1. The van der Waals surface area contributed by atoms with E-state index in [0.29, 0.717) is 18.4 Å². The van der Waals surface area contributed by atoms with Crippen molar-refractivity contribution in [3.8, 4) is 0 Å². The van der Waals surface area contributed by atoms with Crippen molar-refractivity contribution >= 4 is 16.8 Å². The first kappa shape index (κ1) is 18.0. The molecule has 9 heteroatoms. The fourth-order valence-electron chi connectivity index (χ4n) is 3.33. The average Bonchev–Trinajstić information content (AvgIpc) is 2.65. The van der Waals surface area contributed by atoms with Gasteiger partial charge in [-0.1, -0.05) is 12.1 Å². The van der Waals surface area contributed by atoms with Crippen LogP contribution in [0.2, 0.25) is 0 Å². The van der Waals surface area contributed by atoms with E-state index in [1.165, 1.54) is 23.1 Å². The van der Waals surface area contributed by atoms with Crippen LogP contribution in [-0.2, 0) is 19.1 Å². The molecule has 1 amide bonds. The zero-order chi connectivity index (χ0) is 20.1. The molecule has 3 aromatic rings. The molecule has 4 rings (SSSR count). The summed E-state index contributed by atoms with van der Waals surface area (Å²) in [7, 11) is 0. The molecule has 0 saturated heterocycles. The molecule has 0 atom stereocenters. The van der Waals surface area contributed by atoms with Gasteiger partial charge in [0.05, 0.1) is 5.56 Å². The molecule has 0 fully saturated rings. The van der Waals surface area contributed by atoms with Crippen molar-refractivity contribution in [2.75, 3.05) is 6.54 Å². The third-order valence-corrected chi connectivity index (χ3v) is 4.78. The molecule has 2 N–H and O–H groups in total. The fraction of sp³-hybridized carbons (Fsp3) is 0.211. The molecule has 28 heavy (non-hydrogen) atoms. The van der Waals surface area contributed by atoms with Gasteiger partial charge in [-0.15, -0.1) is 0 Å². The summed E-state index contributed by atoms with van der Waals surface area (Å²) in [5.74, 6) is -0.514. The van der Waals surface area contributed by atoms with Crippen molar-refractivity contribution in [1.29, 1.82) is 0 Å². The number of benzene rings is 1. The van der Waals surface area contributed by atoms with Gasteiger partial charge in [-0.2, -0.15) is 13.2 Å². The van der Waals surface area contributed by atoms with E-state index in [-0.39, 0.29) is 23.2 Å². The number of alkyl halides is 3. The van der Waals surface area contributed by atoms with E-state index in [2.05, 4.69) is 9.97 Å². The first-order chi connectivity index (χ1) is 13.2. The van der Waals surface area contributed by atoms with Crippen molar-refractivity contribution in [2.24, 2.45) is 0 Å². The summed E-state index contributed by atoms with van der Waals surface area (Å²) in [6, 6.07) is 7.28. The molecule has 1 aliphatic rings. The van der Waals surface area contributed by atoms with Crippen LogP contribution in [0.5, 0.6) is 0 Å². The van der Waals surface area contributed by atoms with Crippen LogP contribution in [0.4, 0.5) is 13.2 Å². The van der Waals surface area contributed by atoms with Crippen LogP contribution in [0, 0.1) is 0 Å². The number of aromatic amines is 2. The van der Waals surface area contributed by atoms with E-state index in [1.807, 2.05) is 0 Å². The van der Waals surface area contributed by atoms with Gasteiger partial charge < -0.3 is 14.9 Å². The summed E-state index contributed by atoms with van der Waals surface area (Å²) >= 11 is 0. The Hall–Kier alpha value is -3.36. The Kier molecular flexibility index (Phi) is 4.10. The monoisotopic (exact) mass is 389 g/mol. The van der Waals surface area contributed by atoms with Crippen LogP contribution in [0.15, 0.2) is 46.0 Å². The van der Waals surface area contributed by atoms with Crippen molar-refractivity contribution in [3.63, 3.8) is 0 Å². The van der Waals surface area contributed by atoms with Gasteiger partial charge in [-0.25, -0.2) is 0 Å². The highest BCUT2D eigenvalue weighted by molar-refractivity contribution is 5.97. The van der Waals surface area contributed by atoms with Gasteiger partial charge in [-0.3, -0.25) is 14.4 Å². The predicted molar refractivity (Wildman–Crippen MR) is 95.1 cm³/mol. The molecule has 0 unspecified atom stereocenters. The van der Waals surface area contributed by atoms with Crippen molar-refractivity contribution < 1.29 is 18.0 Å². The van der Waals surface area contributed by atoms with Crippen molar-refractivity contribution in [2.45, 2.75) is 19.1 Å². The third kappa shape index (κ3) is 3.19. The molecule has 0 radical (unpaired) electrons. The van der Waals surface area contributed by atoms with Gasteiger partial charge in [0.1, 0.15) is 5.56 Å². The molecule has 2 aromatic heterocycles. The molecule has 3 heterocycles. The van der Waals surface area contributed by atoms with E-state index < -0.39 is 23.2 Å². The number of carbonyl (C=O) groups excluding carboxylic acids is 1. The topological polar surface area (TPSA) is 86.0 Å². The van der Waals surface area contributed by atoms with Gasteiger partial charge in [0, 0.05) is 36.8 Å². The molecule has 0 bridgehead atoms. The maximum atomic E-state index is 12.8. The number of nitrogens with zero attached hydrogens (tertiary/aromatic N) is 1. The zero-order valence-electron chi connectivity index (χ0n) is 14.4. The minimum atomic E-state index is -4.53. The van der Waals surface area contributed by atoms with Crippen LogP contribution < -0.4 is 11.1 Å². The highest BCUT2D eigenvalue weighted by Gasteiger charge is 2.31. The lowest BCUT2D eigenvalue weighted by atomic mass is 10.0. The normalized spacial score (nSPS) is 14.2. The lowest BCUT2D eigenvalue weighted by Crippen LogP contribution is -2.39. The largest absolute Gasteiger partial charge is 0.416 e. The number of hydrogen-bond acceptors (Lipinski definition) is 3. The van der Waals surface area contributed by atoms with Gasteiger partial charge in [0.25, 0.3) is 11.5 Å². The fourth-order valence-corrected chi connectivity index (χ4v) is 3.33. The van der Waals surface area contributed by atoms with Crippen molar-refractivity contribution in [1.82, 2.24) is 14.9 Å². The highest BCUT2D eigenvalue weighted by atomic mass is 19.4. The maximum absolute atomic E-state index is 12.8. The quantitative estimate of drug-likeness (QED) is 0.670. The minimum absolute atomic E-state index is 0.0120. The predicted octanol–water partition coefficient (Wildman–Crippen LogP) is 2.43. The van der Waals surface area contributed by atoms with Crippen LogP contribution in [0.1, 0.15) is 27.2 Å². The van der Waals surface area contributed by atoms with Crippen LogP contribution in [0.25, 0.3) is 10.9 Å². The third-order valence-electron chi connectivity index (χ3n) is 4.78. The Bertz CT molecular complexity index is 1210. The molecular formula is C19H14F3N3O3. The zero-order valence-corrected chi connectivity index (χ0v) is 14.4. The average molecular weight is 389 g/mol. The lowest BCUT2D eigenvalue weighted by Gasteiger charge is -2.28. The molecule has 0 spiro atoms. The smallest absolute Gasteiger partial charge is 0.334 e. The summed E-state index contributed by atoms with van der Waals surface area (Å²) in [5, 5.41) is 0.331. The first-order valence-corrected chi connectivity index (χ1v) is 8.47. The number of nitrogens with one attached hydrogen (secondary N) is 2. The molecule has 1 aliphatic heterocycles. The number of rotatable bonds is 1. The van der Waals surface area contributed by atoms with E-state index in [0.717, 1.165) is 23.4 Å². The SMILES string of the molecule is O=C(c1cc2ccc(C(F)(F)F)cc2[nH]c1=O)N1CCc2[nH]c(=O)ccc2C1. The minimum Gasteiger partial charge on any atom is -0.334 e. The standard InChI is InChI=1S/C19H14F3N3O3/c20-19(21,22)12-3-1-10-7-13(17(27)24-15(10)8-12)18(28)25-6-5-14-11(9-25)2-4-16(26)23-14/h1-4,7-8H,5-6,9H2,(H,23,26)(H,24,27). The highest BCUT2D eigenvalue weighted by Crippen LogP contribution is 2.30. The summed E-state index contributed by atoms with van der Waals surface area (Å²) in [6.07, 6.45) is -4.08. The number of carbonyl (C=O) groups is 1. The van der Waals surface area contributed by atoms with E-state index >= 15 is 0 Å². The summed E-state index contributed by atoms with van der Waals surface area (Å²) in [5.41, 5.74) is -0.434. The Morgan fingerprint density at radius 2 is 1.82 bits per heavy atom. The van der Waals surface area contributed by atoms with E-state index in [9.17, 15) is 27.6 Å². The van der Waals surface area contributed by atoms with Crippen LogP contribution in [-0.4, -0.2) is 27.3 Å². The number of hydrogen-bond donors (Lipinski definition) is 2. The Morgan fingerprint density at radius 3 is 2.57 bits per heavy atom. The second kappa shape index (κ2) is 6.36. The molecule has 1 aromatic carbocycles. The summed E-state index contributed by atoms with van der Waals surface area (Å²) in [4.78, 5) is 43.1. The number of fused-ring (bicyclic) bond motifs is 2. The van der Waals surface area contributed by atoms with Gasteiger partial charge in [-0.05, 0) is 29.1 Å². The molecule has 0 aliphatic carbocycles. The first-order valence-electron chi connectivity index (χ1n) is 8.47. The Morgan fingerprint density at radius 1 is 1.04 bits per heavy atom. The van der Waals surface area contributed by atoms with Crippen LogP contribution in [0.3, 0.4) is 0 Å². The van der Waals surface area contributed by atoms with E-state index in [4.69, 9.17) is 0 Å². The number of aromatic nitrogens is 2. The number of halogens is 3. The van der Waals surface area contributed by atoms with Crippen LogP contribution >= 0.6 is 0 Å². The summed E-state index contributed by atoms with van der Waals surface area (Å²) < 4.78 is 38.5. The second-order valence-electron chi connectivity index (χ2n) is 6.62. The lowest BCUT2D eigenvalue weighted by molar-refractivity contribution is -0.137. The van der Waals surface area contributed by atoms with E-state index in [1.54, 1.807) is 6.07 Å². The molecule has 6 nitrogen and oxygen atoms in total.